The van der Waals surface area contributed by atoms with Crippen LogP contribution in [0.5, 0.6) is 11.8 Å². The van der Waals surface area contributed by atoms with Gasteiger partial charge in [-0.25, -0.2) is 0 Å². The molecule has 0 saturated carbocycles. The van der Waals surface area contributed by atoms with Gasteiger partial charge in [-0.3, -0.25) is 0 Å². The van der Waals surface area contributed by atoms with Crippen LogP contribution in [0.1, 0.15) is 5.56 Å². The number of alkyl halides is 3. The summed E-state index contributed by atoms with van der Waals surface area (Å²) in [5, 5.41) is 3.84. The van der Waals surface area contributed by atoms with E-state index >= 15 is 0 Å². The van der Waals surface area contributed by atoms with Gasteiger partial charge in [0.2, 0.25) is 17.6 Å². The monoisotopic (exact) mass is 427 g/mol. The van der Waals surface area contributed by atoms with Crippen molar-refractivity contribution >= 4 is 0 Å². The van der Waals surface area contributed by atoms with Gasteiger partial charge in [-0.2, -0.15) is 23.1 Å². The maximum Gasteiger partial charge on any atom is 0.417 e. The smallest absolute Gasteiger partial charge is 0.417 e. The molecule has 0 bridgehead atoms. The van der Waals surface area contributed by atoms with E-state index in [1.165, 1.54) is 26.4 Å². The van der Waals surface area contributed by atoms with E-state index in [1.807, 2.05) is 0 Å². The van der Waals surface area contributed by atoms with Gasteiger partial charge in [0.15, 0.2) is 0 Å². The van der Waals surface area contributed by atoms with Gasteiger partial charge in [-0.15, -0.1) is 0 Å². The van der Waals surface area contributed by atoms with E-state index in [1.54, 1.807) is 42.5 Å². The molecule has 158 valence electrons. The van der Waals surface area contributed by atoms with E-state index in [2.05, 4.69) is 15.1 Å². The summed E-state index contributed by atoms with van der Waals surface area (Å²) in [6.45, 7) is 0. The number of halogens is 3. The highest BCUT2D eigenvalue weighted by Crippen LogP contribution is 2.39. The lowest BCUT2D eigenvalue weighted by molar-refractivity contribution is -0.137. The predicted octanol–water partition coefficient (Wildman–Crippen LogP) is 5.50. The minimum atomic E-state index is -4.56. The lowest BCUT2D eigenvalue weighted by Crippen LogP contribution is -2.07. The number of methoxy groups -OCH3 is 2. The van der Waals surface area contributed by atoms with Gasteiger partial charge in [0.25, 0.3) is 5.89 Å². The summed E-state index contributed by atoms with van der Waals surface area (Å²) < 4.78 is 56.8. The third-order valence-electron chi connectivity index (χ3n) is 4.56. The minimum absolute atomic E-state index is 0.0120. The maximum atomic E-state index is 13.8. The number of benzene rings is 2. The van der Waals surface area contributed by atoms with Crippen LogP contribution in [-0.4, -0.2) is 29.3 Å². The Kier molecular flexibility index (Phi) is 5.33. The Bertz CT molecular complexity index is 1210. The molecular formula is C22H16F3N3O3. The highest BCUT2D eigenvalue weighted by Gasteiger charge is 2.34. The van der Waals surface area contributed by atoms with Crippen LogP contribution in [0.2, 0.25) is 0 Å². The summed E-state index contributed by atoms with van der Waals surface area (Å²) in [5.74, 6) is 0.581. The van der Waals surface area contributed by atoms with Crippen LogP contribution < -0.4 is 9.47 Å². The second-order valence-electron chi connectivity index (χ2n) is 6.46. The Morgan fingerprint density at radius 1 is 0.806 bits per heavy atom. The molecule has 4 rings (SSSR count). The first-order valence-electron chi connectivity index (χ1n) is 9.11. The summed E-state index contributed by atoms with van der Waals surface area (Å²) in [7, 11) is 2.88. The van der Waals surface area contributed by atoms with Gasteiger partial charge in [-0.1, -0.05) is 47.6 Å². The third-order valence-corrected chi connectivity index (χ3v) is 4.56. The van der Waals surface area contributed by atoms with E-state index < -0.39 is 11.7 Å². The molecule has 6 nitrogen and oxygen atoms in total. The molecule has 0 saturated heterocycles. The molecule has 31 heavy (non-hydrogen) atoms. The summed E-state index contributed by atoms with van der Waals surface area (Å²) in [6, 6.07) is 15.5. The zero-order chi connectivity index (χ0) is 22.0. The molecule has 2 aromatic heterocycles. The molecule has 2 heterocycles. The van der Waals surface area contributed by atoms with Crippen LogP contribution in [0.25, 0.3) is 34.0 Å². The van der Waals surface area contributed by atoms with E-state index in [0.717, 1.165) is 6.07 Å². The van der Waals surface area contributed by atoms with Crippen LogP contribution in [-0.2, 0) is 6.18 Å². The Hall–Kier alpha value is -3.88. The molecule has 0 aliphatic rings. The molecule has 0 N–H and O–H groups in total. The van der Waals surface area contributed by atoms with Crippen molar-refractivity contribution in [1.82, 2.24) is 15.1 Å². The lowest BCUT2D eigenvalue weighted by atomic mass is 9.97. The summed E-state index contributed by atoms with van der Waals surface area (Å²) in [4.78, 5) is 8.37. The third kappa shape index (κ3) is 4.07. The Balaban J connectivity index is 1.76. The molecule has 2 aromatic carbocycles. The number of ether oxygens (including phenoxy) is 2. The first kappa shape index (κ1) is 20.4. The molecular weight excluding hydrogens is 411 g/mol. The maximum absolute atomic E-state index is 13.8. The average molecular weight is 427 g/mol. The van der Waals surface area contributed by atoms with Crippen molar-refractivity contribution in [1.29, 1.82) is 0 Å². The second-order valence-corrected chi connectivity index (χ2v) is 6.46. The Morgan fingerprint density at radius 2 is 1.55 bits per heavy atom. The number of pyridine rings is 1. The number of aromatic nitrogens is 3. The number of nitrogens with zero attached hydrogens (tertiary/aromatic N) is 3. The number of hydrogen-bond donors (Lipinski definition) is 0. The van der Waals surface area contributed by atoms with Crippen molar-refractivity contribution < 1.29 is 27.2 Å². The topological polar surface area (TPSA) is 70.3 Å². The zero-order valence-electron chi connectivity index (χ0n) is 16.5. The van der Waals surface area contributed by atoms with Crippen molar-refractivity contribution in [2.45, 2.75) is 6.18 Å². The van der Waals surface area contributed by atoms with Gasteiger partial charge in [0.1, 0.15) is 5.56 Å². The highest BCUT2D eigenvalue weighted by atomic mass is 19.4. The van der Waals surface area contributed by atoms with Crippen molar-refractivity contribution in [3.05, 3.63) is 66.2 Å². The standard InChI is InChI=1S/C22H16F3N3O3/c1-29-18-11-10-16(20(26-18)30-2)21-27-19(28-31-21)14-8-9-15(13-6-4-3-5-7-13)17(12-14)22(23,24)25/h3-12H,1-2H3. The number of hydrogen-bond acceptors (Lipinski definition) is 6. The van der Waals surface area contributed by atoms with Crippen LogP contribution in [0, 0.1) is 0 Å². The van der Waals surface area contributed by atoms with E-state index in [-0.39, 0.29) is 28.7 Å². The Morgan fingerprint density at radius 3 is 2.23 bits per heavy atom. The summed E-state index contributed by atoms with van der Waals surface area (Å²) in [6.07, 6.45) is -4.56. The first-order valence-corrected chi connectivity index (χ1v) is 9.11. The van der Waals surface area contributed by atoms with Crippen molar-refractivity contribution in [2.24, 2.45) is 0 Å². The van der Waals surface area contributed by atoms with E-state index in [4.69, 9.17) is 14.0 Å². The van der Waals surface area contributed by atoms with Crippen LogP contribution in [0.3, 0.4) is 0 Å². The highest BCUT2D eigenvalue weighted by molar-refractivity contribution is 5.73. The molecule has 0 unspecified atom stereocenters. The molecule has 0 spiro atoms. The van der Waals surface area contributed by atoms with Crippen molar-refractivity contribution in [2.75, 3.05) is 14.2 Å². The first-order chi connectivity index (χ1) is 14.9. The summed E-state index contributed by atoms with van der Waals surface area (Å²) >= 11 is 0. The van der Waals surface area contributed by atoms with Gasteiger partial charge >= 0.3 is 6.18 Å². The normalized spacial score (nSPS) is 11.4. The van der Waals surface area contributed by atoms with E-state index in [0.29, 0.717) is 17.0 Å². The molecule has 0 aliphatic carbocycles. The molecule has 4 aromatic rings. The lowest BCUT2D eigenvalue weighted by Gasteiger charge is -2.14. The predicted molar refractivity (Wildman–Crippen MR) is 107 cm³/mol. The quantitative estimate of drug-likeness (QED) is 0.419. The molecule has 0 fully saturated rings. The average Bonchev–Trinajstić information content (AvgIpc) is 3.28. The molecule has 0 aliphatic heterocycles. The van der Waals surface area contributed by atoms with Gasteiger partial charge in [0, 0.05) is 11.6 Å². The second kappa shape index (κ2) is 8.10. The van der Waals surface area contributed by atoms with Crippen LogP contribution >= 0.6 is 0 Å². The molecule has 9 heteroatoms. The molecule has 0 amide bonds. The SMILES string of the molecule is COc1ccc(-c2nc(-c3ccc(-c4ccccc4)c(C(F)(F)F)c3)no2)c(OC)n1. The van der Waals surface area contributed by atoms with Gasteiger partial charge < -0.3 is 14.0 Å². The largest absolute Gasteiger partial charge is 0.481 e. The van der Waals surface area contributed by atoms with Crippen LogP contribution in [0.15, 0.2) is 65.2 Å². The van der Waals surface area contributed by atoms with E-state index in [9.17, 15) is 13.2 Å². The molecule has 0 atom stereocenters. The Labute approximate surface area is 175 Å². The van der Waals surface area contributed by atoms with Crippen LogP contribution in [0.4, 0.5) is 13.2 Å². The fourth-order valence-corrected chi connectivity index (χ4v) is 3.09. The fraction of sp³-hybridized carbons (Fsp3) is 0.136. The van der Waals surface area contributed by atoms with Gasteiger partial charge in [-0.05, 0) is 23.3 Å². The molecule has 0 radical (unpaired) electrons. The summed E-state index contributed by atoms with van der Waals surface area (Å²) in [5.41, 5.74) is 0.304. The number of rotatable bonds is 5. The minimum Gasteiger partial charge on any atom is -0.481 e. The fourth-order valence-electron chi connectivity index (χ4n) is 3.09. The van der Waals surface area contributed by atoms with Gasteiger partial charge in [0.05, 0.1) is 19.8 Å². The zero-order valence-corrected chi connectivity index (χ0v) is 16.5. The van der Waals surface area contributed by atoms with Crippen molar-refractivity contribution in [3.63, 3.8) is 0 Å². The van der Waals surface area contributed by atoms with Crippen molar-refractivity contribution in [3.8, 4) is 45.7 Å².